The van der Waals surface area contributed by atoms with E-state index in [1.807, 2.05) is 0 Å². The molecule has 0 spiro atoms. The van der Waals surface area contributed by atoms with Crippen LogP contribution in [0.2, 0.25) is 0 Å². The molecule has 2 rings (SSSR count). The maximum absolute atomic E-state index is 12.0. The van der Waals surface area contributed by atoms with E-state index in [9.17, 15) is 20.0 Å². The molecule has 0 heterocycles. The molecule has 0 fully saturated rings. The summed E-state index contributed by atoms with van der Waals surface area (Å²) in [6, 6.07) is 10.5. The van der Waals surface area contributed by atoms with Crippen LogP contribution in [0, 0.1) is 17.0 Å². The number of rotatable bonds is 3. The highest BCUT2D eigenvalue weighted by atomic mass is 16.6. The van der Waals surface area contributed by atoms with E-state index in [0.717, 1.165) is 5.56 Å². The van der Waals surface area contributed by atoms with Gasteiger partial charge in [0.05, 0.1) is 10.5 Å². The summed E-state index contributed by atoms with van der Waals surface area (Å²) in [6.07, 6.45) is 0. The van der Waals surface area contributed by atoms with Crippen LogP contribution in [0.1, 0.15) is 15.9 Å². The van der Waals surface area contributed by atoms with Gasteiger partial charge >= 0.3 is 0 Å². The Morgan fingerprint density at radius 1 is 1.25 bits per heavy atom. The number of aryl methyl sites for hydroxylation is 1. The van der Waals surface area contributed by atoms with E-state index in [1.165, 1.54) is 24.3 Å². The number of para-hydroxylation sites is 1. The van der Waals surface area contributed by atoms with Crippen molar-refractivity contribution in [1.29, 1.82) is 0 Å². The minimum absolute atomic E-state index is 0.0578. The molecule has 0 saturated carbocycles. The Balaban J connectivity index is 2.33. The predicted octanol–water partition coefficient (Wildman–Crippen LogP) is 2.86. The number of hydrogen-bond acceptors (Lipinski definition) is 4. The van der Waals surface area contributed by atoms with Crippen LogP contribution >= 0.6 is 0 Å². The number of nitrogens with zero attached hydrogens (tertiary/aromatic N) is 1. The van der Waals surface area contributed by atoms with Gasteiger partial charge < -0.3 is 10.4 Å². The van der Waals surface area contributed by atoms with E-state index in [0.29, 0.717) is 0 Å². The van der Waals surface area contributed by atoms with E-state index < -0.39 is 10.8 Å². The fourth-order valence-corrected chi connectivity index (χ4v) is 1.75. The van der Waals surface area contributed by atoms with E-state index in [-0.39, 0.29) is 22.7 Å². The normalized spacial score (nSPS) is 10.1. The lowest BCUT2D eigenvalue weighted by atomic mass is 10.1. The number of phenols is 1. The average Bonchev–Trinajstić information content (AvgIpc) is 2.41. The second-order valence-corrected chi connectivity index (χ2v) is 4.25. The highest BCUT2D eigenvalue weighted by molar-refractivity contribution is 6.07. The highest BCUT2D eigenvalue weighted by Gasteiger charge is 2.18. The molecule has 2 aromatic carbocycles. The van der Waals surface area contributed by atoms with Gasteiger partial charge in [0, 0.05) is 6.07 Å². The molecule has 6 heteroatoms. The van der Waals surface area contributed by atoms with Crippen molar-refractivity contribution in [2.75, 3.05) is 5.32 Å². The maximum Gasteiger partial charge on any atom is 0.293 e. The first-order chi connectivity index (χ1) is 9.49. The second-order valence-electron chi connectivity index (χ2n) is 4.25. The number of phenolic OH excluding ortho intramolecular Hbond substituents is 1. The molecule has 0 aliphatic carbocycles. The number of carbonyl (C=O) groups excluding carboxylic acids is 1. The summed E-state index contributed by atoms with van der Waals surface area (Å²) in [5, 5.41) is 23.0. The van der Waals surface area contributed by atoms with Crippen molar-refractivity contribution in [2.45, 2.75) is 6.92 Å². The lowest BCUT2D eigenvalue weighted by Gasteiger charge is -2.07. The number of hydrogen-bond donors (Lipinski definition) is 2. The molecule has 0 aromatic heterocycles. The number of amides is 1. The number of nitro groups is 1. The maximum atomic E-state index is 12.0. The molecule has 0 radical (unpaired) electrons. The van der Waals surface area contributed by atoms with Crippen LogP contribution in [0.15, 0.2) is 42.5 Å². The van der Waals surface area contributed by atoms with Gasteiger partial charge in [-0.15, -0.1) is 0 Å². The Kier molecular flexibility index (Phi) is 3.65. The fourth-order valence-electron chi connectivity index (χ4n) is 1.75. The number of anilines is 1. The zero-order valence-electron chi connectivity index (χ0n) is 10.7. The molecule has 0 atom stereocenters. The molecule has 2 N–H and O–H groups in total. The molecule has 0 aliphatic heterocycles. The lowest BCUT2D eigenvalue weighted by molar-refractivity contribution is -0.384. The minimum Gasteiger partial charge on any atom is -0.507 e. The number of carbonyl (C=O) groups is 1. The van der Waals surface area contributed by atoms with Crippen molar-refractivity contribution in [3.8, 4) is 5.75 Å². The van der Waals surface area contributed by atoms with Gasteiger partial charge in [-0.1, -0.05) is 18.2 Å². The summed E-state index contributed by atoms with van der Waals surface area (Å²) < 4.78 is 0. The molecule has 0 saturated heterocycles. The van der Waals surface area contributed by atoms with Crippen LogP contribution in [0.25, 0.3) is 0 Å². The van der Waals surface area contributed by atoms with Gasteiger partial charge in [-0.25, -0.2) is 0 Å². The van der Waals surface area contributed by atoms with E-state index in [2.05, 4.69) is 5.32 Å². The molecule has 1 amide bonds. The molecule has 2 aromatic rings. The number of aromatic hydroxyl groups is 1. The van der Waals surface area contributed by atoms with Crippen LogP contribution in [0.4, 0.5) is 11.4 Å². The first-order valence-corrected chi connectivity index (χ1v) is 5.83. The quantitative estimate of drug-likeness (QED) is 0.663. The van der Waals surface area contributed by atoms with Crippen molar-refractivity contribution in [3.63, 3.8) is 0 Å². The van der Waals surface area contributed by atoms with Gasteiger partial charge in [0.25, 0.3) is 11.6 Å². The SMILES string of the molecule is Cc1ccc(NC(=O)c2ccccc2O)c([N+](=O)[O-])c1. The Morgan fingerprint density at radius 3 is 2.60 bits per heavy atom. The summed E-state index contributed by atoms with van der Waals surface area (Å²) in [7, 11) is 0. The molecule has 6 nitrogen and oxygen atoms in total. The molecule has 20 heavy (non-hydrogen) atoms. The van der Waals surface area contributed by atoms with Gasteiger partial charge in [-0.3, -0.25) is 14.9 Å². The van der Waals surface area contributed by atoms with Crippen LogP contribution < -0.4 is 5.32 Å². The minimum atomic E-state index is -0.602. The predicted molar refractivity (Wildman–Crippen MR) is 73.9 cm³/mol. The number of nitro benzene ring substituents is 1. The summed E-state index contributed by atoms with van der Waals surface area (Å²) in [5.41, 5.74) is 0.683. The Morgan fingerprint density at radius 2 is 1.95 bits per heavy atom. The van der Waals surface area contributed by atoms with Crippen LogP contribution in [0.5, 0.6) is 5.75 Å². The molecule has 0 unspecified atom stereocenters. The summed E-state index contributed by atoms with van der Waals surface area (Å²) >= 11 is 0. The van der Waals surface area contributed by atoms with Crippen molar-refractivity contribution in [2.24, 2.45) is 0 Å². The average molecular weight is 272 g/mol. The van der Waals surface area contributed by atoms with Gasteiger partial charge in [0.1, 0.15) is 11.4 Å². The fraction of sp³-hybridized carbons (Fsp3) is 0.0714. The summed E-state index contributed by atoms with van der Waals surface area (Å²) in [6.45, 7) is 1.72. The van der Waals surface area contributed by atoms with Crippen molar-refractivity contribution in [3.05, 3.63) is 63.7 Å². The van der Waals surface area contributed by atoms with Gasteiger partial charge in [0.2, 0.25) is 0 Å². The van der Waals surface area contributed by atoms with E-state index in [1.54, 1.807) is 25.1 Å². The molecule has 0 bridgehead atoms. The van der Waals surface area contributed by atoms with Crippen molar-refractivity contribution < 1.29 is 14.8 Å². The zero-order valence-corrected chi connectivity index (χ0v) is 10.7. The Bertz CT molecular complexity index is 683. The summed E-state index contributed by atoms with van der Waals surface area (Å²) in [5.74, 6) is -0.783. The smallest absolute Gasteiger partial charge is 0.293 e. The molecule has 0 aliphatic rings. The van der Waals surface area contributed by atoms with Crippen LogP contribution in [0.3, 0.4) is 0 Å². The zero-order chi connectivity index (χ0) is 14.7. The van der Waals surface area contributed by atoms with Crippen molar-refractivity contribution in [1.82, 2.24) is 0 Å². The van der Waals surface area contributed by atoms with Crippen molar-refractivity contribution >= 4 is 17.3 Å². The monoisotopic (exact) mass is 272 g/mol. The first-order valence-electron chi connectivity index (χ1n) is 5.83. The molecular formula is C14H12N2O4. The van der Waals surface area contributed by atoms with Crippen LogP contribution in [-0.4, -0.2) is 15.9 Å². The summed E-state index contributed by atoms with van der Waals surface area (Å²) in [4.78, 5) is 22.4. The Hall–Kier alpha value is -2.89. The number of nitrogens with one attached hydrogen (secondary N) is 1. The topological polar surface area (TPSA) is 92.5 Å². The molecular weight excluding hydrogens is 260 g/mol. The van der Waals surface area contributed by atoms with Gasteiger partial charge in [-0.2, -0.15) is 0 Å². The third-order valence-corrected chi connectivity index (χ3v) is 2.75. The Labute approximate surface area is 114 Å². The van der Waals surface area contributed by atoms with Crippen LogP contribution in [-0.2, 0) is 0 Å². The number of benzene rings is 2. The highest BCUT2D eigenvalue weighted by Crippen LogP contribution is 2.26. The molecule has 102 valence electrons. The lowest BCUT2D eigenvalue weighted by Crippen LogP contribution is -2.13. The van der Waals surface area contributed by atoms with Gasteiger partial charge in [-0.05, 0) is 30.7 Å². The second kappa shape index (κ2) is 5.40. The van der Waals surface area contributed by atoms with E-state index >= 15 is 0 Å². The third-order valence-electron chi connectivity index (χ3n) is 2.75. The standard InChI is InChI=1S/C14H12N2O4/c1-9-6-7-11(12(8-9)16(19)20)15-14(18)10-4-2-3-5-13(10)17/h2-8,17H,1H3,(H,15,18). The first kappa shape index (κ1) is 13.5. The van der Waals surface area contributed by atoms with E-state index in [4.69, 9.17) is 0 Å². The van der Waals surface area contributed by atoms with Gasteiger partial charge in [0.15, 0.2) is 0 Å². The largest absolute Gasteiger partial charge is 0.507 e. The third kappa shape index (κ3) is 2.74.